The van der Waals surface area contributed by atoms with Gasteiger partial charge in [-0.2, -0.15) is 0 Å². The van der Waals surface area contributed by atoms with E-state index in [9.17, 15) is 5.11 Å². The van der Waals surface area contributed by atoms with Gasteiger partial charge in [0.25, 0.3) is 0 Å². The largest absolute Gasteiger partial charge is 0.392 e. The molecule has 1 N–H and O–H groups in total. The smallest absolute Gasteiger partial charge is 0.0696 e. The summed E-state index contributed by atoms with van der Waals surface area (Å²) in [5.41, 5.74) is 3.72. The van der Waals surface area contributed by atoms with E-state index < -0.39 is 0 Å². The fourth-order valence-corrected chi connectivity index (χ4v) is 2.94. The number of aliphatic hydroxyl groups is 1. The first-order valence-electron chi connectivity index (χ1n) is 4.86. The van der Waals surface area contributed by atoms with Gasteiger partial charge in [-0.25, -0.2) is 0 Å². The van der Waals surface area contributed by atoms with Crippen molar-refractivity contribution in [1.29, 1.82) is 0 Å². The van der Waals surface area contributed by atoms with Gasteiger partial charge in [0.2, 0.25) is 0 Å². The maximum atomic E-state index is 9.18. The van der Waals surface area contributed by atoms with E-state index in [1.807, 2.05) is 0 Å². The molecule has 0 aliphatic rings. The van der Waals surface area contributed by atoms with Crippen LogP contribution in [0.3, 0.4) is 0 Å². The molecule has 0 spiro atoms. The minimum absolute atomic E-state index is 0.145. The van der Waals surface area contributed by atoms with Gasteiger partial charge in [0.15, 0.2) is 0 Å². The highest BCUT2D eigenvalue weighted by molar-refractivity contribution is 7.17. The molecule has 1 aromatic heterocycles. The first-order valence-corrected chi connectivity index (χ1v) is 5.74. The van der Waals surface area contributed by atoms with Crippen molar-refractivity contribution in [2.45, 2.75) is 26.9 Å². The third-order valence-corrected chi connectivity index (χ3v) is 3.57. The fraction of sp³-hybridized carbons (Fsp3) is 0.333. The SMILES string of the molecule is CCc1cc(C)c2c(CO)csc2c1. The molecule has 1 nitrogen and oxygen atoms in total. The second-order valence-corrected chi connectivity index (χ2v) is 4.47. The van der Waals surface area contributed by atoms with E-state index in [2.05, 4.69) is 31.4 Å². The molecule has 0 radical (unpaired) electrons. The number of thiophene rings is 1. The van der Waals surface area contributed by atoms with E-state index >= 15 is 0 Å². The maximum Gasteiger partial charge on any atom is 0.0696 e. The summed E-state index contributed by atoms with van der Waals surface area (Å²) in [6, 6.07) is 4.44. The van der Waals surface area contributed by atoms with Crippen LogP contribution in [0.5, 0.6) is 0 Å². The molecule has 0 amide bonds. The van der Waals surface area contributed by atoms with Gasteiger partial charge in [0.1, 0.15) is 0 Å². The average Bonchev–Trinajstić information content (AvgIpc) is 2.61. The standard InChI is InChI=1S/C12H14OS/c1-3-9-4-8(2)12-10(6-13)7-14-11(12)5-9/h4-5,7,13H,3,6H2,1-2H3. The van der Waals surface area contributed by atoms with Crippen molar-refractivity contribution in [1.82, 2.24) is 0 Å². The van der Waals surface area contributed by atoms with Crippen LogP contribution < -0.4 is 0 Å². The zero-order valence-corrected chi connectivity index (χ0v) is 9.32. The molecular formula is C12H14OS. The normalized spacial score (nSPS) is 11.1. The van der Waals surface area contributed by atoms with Crippen LogP contribution in [0.2, 0.25) is 0 Å². The lowest BCUT2D eigenvalue weighted by molar-refractivity contribution is 0.284. The highest BCUT2D eigenvalue weighted by Gasteiger charge is 2.06. The predicted molar refractivity (Wildman–Crippen MR) is 61.9 cm³/mol. The summed E-state index contributed by atoms with van der Waals surface area (Å²) in [7, 11) is 0. The Hall–Kier alpha value is -0.860. The summed E-state index contributed by atoms with van der Waals surface area (Å²) in [5.74, 6) is 0. The van der Waals surface area contributed by atoms with Gasteiger partial charge in [-0.1, -0.05) is 13.0 Å². The molecule has 1 aromatic carbocycles. The maximum absolute atomic E-state index is 9.18. The lowest BCUT2D eigenvalue weighted by Gasteiger charge is -2.03. The van der Waals surface area contributed by atoms with E-state index in [1.165, 1.54) is 21.2 Å². The van der Waals surface area contributed by atoms with Crippen LogP contribution in [0.25, 0.3) is 10.1 Å². The van der Waals surface area contributed by atoms with Crippen molar-refractivity contribution in [3.05, 3.63) is 34.2 Å². The number of aryl methyl sites for hydroxylation is 2. The molecule has 0 atom stereocenters. The van der Waals surface area contributed by atoms with E-state index in [-0.39, 0.29) is 6.61 Å². The number of hydrogen-bond donors (Lipinski definition) is 1. The molecule has 0 unspecified atom stereocenters. The second kappa shape index (κ2) is 3.71. The first-order chi connectivity index (χ1) is 6.76. The summed E-state index contributed by atoms with van der Waals surface area (Å²) < 4.78 is 1.30. The molecule has 14 heavy (non-hydrogen) atoms. The molecule has 2 heteroatoms. The lowest BCUT2D eigenvalue weighted by atomic mass is 10.0. The third-order valence-electron chi connectivity index (χ3n) is 2.59. The Morgan fingerprint density at radius 3 is 2.79 bits per heavy atom. The summed E-state index contributed by atoms with van der Waals surface area (Å²) in [5, 5.41) is 12.5. The number of benzene rings is 1. The van der Waals surface area contributed by atoms with Crippen LogP contribution in [0, 0.1) is 6.92 Å². The van der Waals surface area contributed by atoms with Gasteiger partial charge in [-0.3, -0.25) is 0 Å². The number of rotatable bonds is 2. The summed E-state index contributed by atoms with van der Waals surface area (Å²) in [4.78, 5) is 0. The number of fused-ring (bicyclic) bond motifs is 1. The highest BCUT2D eigenvalue weighted by atomic mass is 32.1. The Morgan fingerprint density at radius 2 is 2.14 bits per heavy atom. The highest BCUT2D eigenvalue weighted by Crippen LogP contribution is 2.30. The second-order valence-electron chi connectivity index (χ2n) is 3.56. The van der Waals surface area contributed by atoms with Crippen molar-refractivity contribution in [2.75, 3.05) is 0 Å². The van der Waals surface area contributed by atoms with Gasteiger partial charge in [-0.05, 0) is 41.5 Å². The van der Waals surface area contributed by atoms with Gasteiger partial charge >= 0.3 is 0 Å². The van der Waals surface area contributed by atoms with Gasteiger partial charge in [0, 0.05) is 10.1 Å². The minimum atomic E-state index is 0.145. The zero-order chi connectivity index (χ0) is 10.1. The van der Waals surface area contributed by atoms with Crippen molar-refractivity contribution in [3.8, 4) is 0 Å². The van der Waals surface area contributed by atoms with Crippen LogP contribution in [-0.2, 0) is 13.0 Å². The van der Waals surface area contributed by atoms with E-state index in [0.29, 0.717) is 0 Å². The molecule has 0 aliphatic carbocycles. The Labute approximate surface area is 88.0 Å². The van der Waals surface area contributed by atoms with Crippen LogP contribution in [0.4, 0.5) is 0 Å². The van der Waals surface area contributed by atoms with Crippen molar-refractivity contribution in [2.24, 2.45) is 0 Å². The Balaban J connectivity index is 2.72. The summed E-state index contributed by atoms with van der Waals surface area (Å²) >= 11 is 1.72. The molecule has 2 aromatic rings. The molecule has 0 saturated carbocycles. The lowest BCUT2D eigenvalue weighted by Crippen LogP contribution is -1.86. The van der Waals surface area contributed by atoms with Crippen LogP contribution in [0.15, 0.2) is 17.5 Å². The van der Waals surface area contributed by atoms with Crippen molar-refractivity contribution in [3.63, 3.8) is 0 Å². The minimum Gasteiger partial charge on any atom is -0.392 e. The fourth-order valence-electron chi connectivity index (χ4n) is 1.85. The monoisotopic (exact) mass is 206 g/mol. The molecule has 2 rings (SSSR count). The topological polar surface area (TPSA) is 20.2 Å². The molecule has 74 valence electrons. The van der Waals surface area contributed by atoms with Crippen LogP contribution in [0.1, 0.15) is 23.6 Å². The quantitative estimate of drug-likeness (QED) is 0.799. The number of hydrogen-bond acceptors (Lipinski definition) is 2. The van der Waals surface area contributed by atoms with E-state index in [0.717, 1.165) is 12.0 Å². The first kappa shape index (κ1) is 9.69. The summed E-state index contributed by atoms with van der Waals surface area (Å²) in [6.45, 7) is 4.43. The molecule has 1 heterocycles. The van der Waals surface area contributed by atoms with Gasteiger partial charge in [-0.15, -0.1) is 11.3 Å². The summed E-state index contributed by atoms with van der Waals surface area (Å²) in [6.07, 6.45) is 1.07. The van der Waals surface area contributed by atoms with Crippen LogP contribution in [-0.4, -0.2) is 5.11 Å². The van der Waals surface area contributed by atoms with Gasteiger partial charge < -0.3 is 5.11 Å². The van der Waals surface area contributed by atoms with Crippen LogP contribution >= 0.6 is 11.3 Å². The van der Waals surface area contributed by atoms with E-state index in [4.69, 9.17) is 0 Å². The Morgan fingerprint density at radius 1 is 1.36 bits per heavy atom. The average molecular weight is 206 g/mol. The van der Waals surface area contributed by atoms with Crippen molar-refractivity contribution < 1.29 is 5.11 Å². The predicted octanol–water partition coefficient (Wildman–Crippen LogP) is 3.26. The van der Waals surface area contributed by atoms with E-state index in [1.54, 1.807) is 11.3 Å². The van der Waals surface area contributed by atoms with Gasteiger partial charge in [0.05, 0.1) is 6.61 Å². The molecule has 0 fully saturated rings. The number of aliphatic hydroxyl groups excluding tert-OH is 1. The molecule has 0 saturated heterocycles. The third kappa shape index (κ3) is 1.45. The molecule has 0 bridgehead atoms. The Bertz CT molecular complexity index is 457. The zero-order valence-electron chi connectivity index (χ0n) is 8.50. The van der Waals surface area contributed by atoms with Crippen molar-refractivity contribution >= 4 is 21.4 Å². The Kier molecular flexibility index (Phi) is 2.57. The molecular weight excluding hydrogens is 192 g/mol. The molecule has 0 aliphatic heterocycles.